The summed E-state index contributed by atoms with van der Waals surface area (Å²) in [5.41, 5.74) is -1.12. The van der Waals surface area contributed by atoms with Crippen molar-refractivity contribution in [1.29, 1.82) is 0 Å². The number of hydrogen-bond acceptors (Lipinski definition) is 5. The number of rotatable bonds is 6. The van der Waals surface area contributed by atoms with Gasteiger partial charge >= 0.3 is 0 Å². The number of benzene rings is 2. The van der Waals surface area contributed by atoms with Gasteiger partial charge in [-0.1, -0.05) is 28.1 Å². The number of halogens is 1. The van der Waals surface area contributed by atoms with E-state index in [2.05, 4.69) is 26.0 Å². The predicted molar refractivity (Wildman–Crippen MR) is 105 cm³/mol. The van der Waals surface area contributed by atoms with E-state index < -0.39 is 33.7 Å². The van der Waals surface area contributed by atoms with E-state index in [0.717, 1.165) is 0 Å². The maximum Gasteiger partial charge on any atom is 0.261 e. The van der Waals surface area contributed by atoms with Gasteiger partial charge in [0.1, 0.15) is 0 Å². The van der Waals surface area contributed by atoms with Crippen molar-refractivity contribution in [2.75, 3.05) is 15.8 Å². The van der Waals surface area contributed by atoms with E-state index in [1.165, 1.54) is 19.1 Å². The van der Waals surface area contributed by atoms with Gasteiger partial charge < -0.3 is 10.4 Å². The number of hydrogen-bond donors (Lipinski definition) is 3. The Morgan fingerprint density at radius 3 is 2.67 bits per heavy atom. The molecule has 1 heterocycles. The zero-order valence-corrected chi connectivity index (χ0v) is 16.7. The summed E-state index contributed by atoms with van der Waals surface area (Å²) in [5.74, 6) is -1.41. The number of Topliss-reactive ketones (excluding diaryl/α,β-unsaturated/α-hetero) is 1. The van der Waals surface area contributed by atoms with Crippen molar-refractivity contribution in [3.05, 3.63) is 58.1 Å². The lowest BCUT2D eigenvalue weighted by Gasteiger charge is -2.21. The van der Waals surface area contributed by atoms with Crippen molar-refractivity contribution in [3.63, 3.8) is 0 Å². The first-order chi connectivity index (χ1) is 12.7. The molecule has 3 N–H and O–H groups in total. The third kappa shape index (κ3) is 3.76. The molecule has 9 heteroatoms. The predicted octanol–water partition coefficient (Wildman–Crippen LogP) is 2.62. The molecule has 2 aromatic carbocycles. The number of anilines is 2. The van der Waals surface area contributed by atoms with Gasteiger partial charge in [-0.05, 0) is 37.3 Å². The van der Waals surface area contributed by atoms with Crippen LogP contribution in [-0.4, -0.2) is 31.0 Å². The lowest BCUT2D eigenvalue weighted by Crippen LogP contribution is -2.36. The number of fused-ring (bicyclic) bond motifs is 1. The van der Waals surface area contributed by atoms with Crippen LogP contribution < -0.4 is 10.0 Å². The number of para-hydroxylation sites is 1. The summed E-state index contributed by atoms with van der Waals surface area (Å²) in [6.45, 7) is 1.48. The lowest BCUT2D eigenvalue weighted by atomic mass is 9.88. The van der Waals surface area contributed by atoms with Crippen LogP contribution in [0.2, 0.25) is 0 Å². The fourth-order valence-electron chi connectivity index (χ4n) is 2.87. The van der Waals surface area contributed by atoms with E-state index in [-0.39, 0.29) is 17.0 Å². The molecule has 1 amide bonds. The Labute approximate surface area is 165 Å². The van der Waals surface area contributed by atoms with Gasteiger partial charge in [0.15, 0.2) is 11.4 Å². The van der Waals surface area contributed by atoms with Crippen molar-refractivity contribution in [2.45, 2.75) is 18.9 Å². The van der Waals surface area contributed by atoms with Crippen molar-refractivity contribution >= 4 is 49.0 Å². The quantitative estimate of drug-likeness (QED) is 0.583. The van der Waals surface area contributed by atoms with Crippen LogP contribution in [0.3, 0.4) is 0 Å². The third-order valence-electron chi connectivity index (χ3n) is 4.34. The molecule has 1 aliphatic rings. The fraction of sp³-hybridized carbons (Fsp3) is 0.222. The minimum Gasteiger partial charge on any atom is -0.375 e. The first-order valence-corrected chi connectivity index (χ1v) is 10.6. The summed E-state index contributed by atoms with van der Waals surface area (Å²) in [6, 6.07) is 11.0. The first-order valence-electron chi connectivity index (χ1n) is 8.13. The highest BCUT2D eigenvalue weighted by Gasteiger charge is 2.47. The second-order valence-electron chi connectivity index (χ2n) is 6.16. The molecule has 0 saturated heterocycles. The minimum atomic E-state index is -3.59. The van der Waals surface area contributed by atoms with E-state index >= 15 is 0 Å². The fourth-order valence-corrected chi connectivity index (χ4v) is 3.89. The summed E-state index contributed by atoms with van der Waals surface area (Å²) in [5, 5.41) is 13.5. The second kappa shape index (κ2) is 7.06. The number of amides is 1. The molecule has 0 fully saturated rings. The number of sulfonamides is 1. The zero-order chi connectivity index (χ0) is 19.8. The van der Waals surface area contributed by atoms with Crippen LogP contribution in [0.4, 0.5) is 11.4 Å². The maximum absolute atomic E-state index is 12.9. The summed E-state index contributed by atoms with van der Waals surface area (Å²) in [6.07, 6.45) is -0.521. The number of nitrogens with one attached hydrogen (secondary N) is 2. The average Bonchev–Trinajstić information content (AvgIpc) is 2.85. The van der Waals surface area contributed by atoms with E-state index in [4.69, 9.17) is 0 Å². The smallest absolute Gasteiger partial charge is 0.261 e. The Hall–Kier alpha value is -2.23. The Balaban J connectivity index is 1.95. The van der Waals surface area contributed by atoms with Gasteiger partial charge in [0.2, 0.25) is 10.0 Å². The average molecular weight is 453 g/mol. The maximum atomic E-state index is 12.9. The Kier molecular flexibility index (Phi) is 5.11. The molecule has 7 nitrogen and oxygen atoms in total. The van der Waals surface area contributed by atoms with Gasteiger partial charge in [0, 0.05) is 21.3 Å². The lowest BCUT2D eigenvalue weighted by molar-refractivity contribution is -0.133. The molecule has 2 aromatic rings. The molecule has 27 heavy (non-hydrogen) atoms. The van der Waals surface area contributed by atoms with Gasteiger partial charge in [-0.3, -0.25) is 14.3 Å². The van der Waals surface area contributed by atoms with Gasteiger partial charge in [0.25, 0.3) is 5.91 Å². The van der Waals surface area contributed by atoms with Gasteiger partial charge in [-0.15, -0.1) is 0 Å². The van der Waals surface area contributed by atoms with Crippen LogP contribution in [0.5, 0.6) is 0 Å². The molecule has 3 rings (SSSR count). The second-order valence-corrected chi connectivity index (χ2v) is 9.08. The van der Waals surface area contributed by atoms with Crippen LogP contribution in [0.25, 0.3) is 0 Å². The van der Waals surface area contributed by atoms with E-state index in [9.17, 15) is 23.1 Å². The molecule has 1 atom stereocenters. The standard InChI is InChI=1S/C18H17BrN2O5S/c1-2-27(25,26)21-14-6-4-3-5-12(14)16(22)10-18(24)13-9-11(19)7-8-15(13)20-17(18)23/h3-9,21,24H,2,10H2,1H3,(H,20,23). The Morgan fingerprint density at radius 2 is 1.96 bits per heavy atom. The molecule has 1 aliphatic heterocycles. The highest BCUT2D eigenvalue weighted by atomic mass is 79.9. The summed E-state index contributed by atoms with van der Waals surface area (Å²) >= 11 is 3.29. The molecule has 142 valence electrons. The number of ketones is 1. The van der Waals surface area contributed by atoms with Crippen LogP contribution >= 0.6 is 15.9 Å². The Bertz CT molecular complexity index is 1040. The van der Waals surface area contributed by atoms with Crippen molar-refractivity contribution in [3.8, 4) is 0 Å². The van der Waals surface area contributed by atoms with E-state index in [1.807, 2.05) is 0 Å². The number of carbonyl (C=O) groups is 2. The van der Waals surface area contributed by atoms with Gasteiger partial charge in [0.05, 0.1) is 17.9 Å². The van der Waals surface area contributed by atoms with Crippen LogP contribution in [0.1, 0.15) is 29.3 Å². The normalized spacial score (nSPS) is 18.7. The van der Waals surface area contributed by atoms with Crippen molar-refractivity contribution in [2.24, 2.45) is 0 Å². The van der Waals surface area contributed by atoms with Crippen molar-refractivity contribution < 1.29 is 23.1 Å². The summed E-state index contributed by atoms with van der Waals surface area (Å²) in [7, 11) is -3.59. The number of aliphatic hydroxyl groups is 1. The molecule has 0 aromatic heterocycles. The van der Waals surface area contributed by atoms with E-state index in [1.54, 1.807) is 30.3 Å². The topological polar surface area (TPSA) is 113 Å². The molecule has 0 bridgehead atoms. The largest absolute Gasteiger partial charge is 0.375 e. The van der Waals surface area contributed by atoms with Gasteiger partial charge in [-0.25, -0.2) is 8.42 Å². The summed E-state index contributed by atoms with van der Waals surface area (Å²) < 4.78 is 26.7. The van der Waals surface area contributed by atoms with Crippen LogP contribution in [-0.2, 0) is 20.4 Å². The monoisotopic (exact) mass is 452 g/mol. The third-order valence-corrected chi connectivity index (χ3v) is 6.12. The molecular formula is C18H17BrN2O5S. The summed E-state index contributed by atoms with van der Waals surface area (Å²) in [4.78, 5) is 25.2. The van der Waals surface area contributed by atoms with Gasteiger partial charge in [-0.2, -0.15) is 0 Å². The molecule has 0 spiro atoms. The van der Waals surface area contributed by atoms with E-state index in [0.29, 0.717) is 15.7 Å². The first kappa shape index (κ1) is 19.5. The SMILES string of the molecule is CCS(=O)(=O)Nc1ccccc1C(=O)CC1(O)C(=O)Nc2ccc(Br)cc21. The molecule has 0 radical (unpaired) electrons. The Morgan fingerprint density at radius 1 is 1.26 bits per heavy atom. The number of carbonyl (C=O) groups excluding carboxylic acids is 2. The highest BCUT2D eigenvalue weighted by Crippen LogP contribution is 2.40. The molecule has 0 aliphatic carbocycles. The zero-order valence-electron chi connectivity index (χ0n) is 14.3. The molecule has 0 saturated carbocycles. The van der Waals surface area contributed by atoms with Crippen molar-refractivity contribution in [1.82, 2.24) is 0 Å². The highest BCUT2D eigenvalue weighted by molar-refractivity contribution is 9.10. The van der Waals surface area contributed by atoms with Crippen LogP contribution in [0, 0.1) is 0 Å². The minimum absolute atomic E-state index is 0.0826. The van der Waals surface area contributed by atoms with Crippen LogP contribution in [0.15, 0.2) is 46.9 Å². The molecule has 1 unspecified atom stereocenters. The molecular weight excluding hydrogens is 436 g/mol.